The second-order valence-corrected chi connectivity index (χ2v) is 6.98. The summed E-state index contributed by atoms with van der Waals surface area (Å²) in [6, 6.07) is 6.66. The van der Waals surface area contributed by atoms with E-state index in [1.807, 2.05) is 0 Å². The van der Waals surface area contributed by atoms with Gasteiger partial charge in [-0.2, -0.15) is 0 Å². The first-order chi connectivity index (χ1) is 6.91. The standard InChI is InChI=1S/C10H12BrNO2S/c11-8-1-3-9(4-2-8)15(13,14)7-10(12)5-6-10/h1-4H,5-7,12H2. The molecule has 0 unspecified atom stereocenters. The Morgan fingerprint density at radius 3 is 2.27 bits per heavy atom. The van der Waals surface area contributed by atoms with Crippen molar-refractivity contribution in [2.75, 3.05) is 5.75 Å². The Hall–Kier alpha value is -0.390. The van der Waals surface area contributed by atoms with Gasteiger partial charge in [-0.1, -0.05) is 15.9 Å². The third-order valence-corrected chi connectivity index (χ3v) is 5.02. The van der Waals surface area contributed by atoms with Crippen molar-refractivity contribution in [2.24, 2.45) is 5.73 Å². The number of nitrogens with two attached hydrogens (primary N) is 1. The highest BCUT2D eigenvalue weighted by atomic mass is 79.9. The van der Waals surface area contributed by atoms with Crippen molar-refractivity contribution in [3.8, 4) is 0 Å². The van der Waals surface area contributed by atoms with Crippen molar-refractivity contribution in [1.82, 2.24) is 0 Å². The summed E-state index contributed by atoms with van der Waals surface area (Å²) >= 11 is 3.27. The fourth-order valence-electron chi connectivity index (χ4n) is 1.41. The predicted molar refractivity (Wildman–Crippen MR) is 62.3 cm³/mol. The van der Waals surface area contributed by atoms with E-state index >= 15 is 0 Å². The van der Waals surface area contributed by atoms with Gasteiger partial charge in [-0.3, -0.25) is 0 Å². The van der Waals surface area contributed by atoms with Gasteiger partial charge in [0.05, 0.1) is 10.6 Å². The van der Waals surface area contributed by atoms with Gasteiger partial charge < -0.3 is 5.73 Å². The van der Waals surface area contributed by atoms with Gasteiger partial charge in [0.1, 0.15) is 0 Å². The number of halogens is 1. The lowest BCUT2D eigenvalue weighted by molar-refractivity contribution is 0.585. The fraction of sp³-hybridized carbons (Fsp3) is 0.400. The van der Waals surface area contributed by atoms with Crippen LogP contribution in [-0.2, 0) is 9.84 Å². The number of rotatable bonds is 3. The van der Waals surface area contributed by atoms with Gasteiger partial charge in [-0.25, -0.2) is 8.42 Å². The molecule has 1 aliphatic carbocycles. The van der Waals surface area contributed by atoms with E-state index in [0.29, 0.717) is 4.90 Å². The quantitative estimate of drug-likeness (QED) is 0.922. The van der Waals surface area contributed by atoms with E-state index < -0.39 is 15.4 Å². The number of hydrogen-bond donors (Lipinski definition) is 1. The Balaban J connectivity index is 2.25. The summed E-state index contributed by atoms with van der Waals surface area (Å²) in [7, 11) is -3.22. The zero-order valence-corrected chi connectivity index (χ0v) is 10.5. The van der Waals surface area contributed by atoms with Gasteiger partial charge in [-0.15, -0.1) is 0 Å². The number of sulfone groups is 1. The molecule has 0 atom stereocenters. The van der Waals surface area contributed by atoms with Gasteiger partial charge in [-0.05, 0) is 37.1 Å². The van der Waals surface area contributed by atoms with Crippen LogP contribution in [0.1, 0.15) is 12.8 Å². The van der Waals surface area contributed by atoms with Crippen molar-refractivity contribution >= 4 is 25.8 Å². The molecule has 15 heavy (non-hydrogen) atoms. The van der Waals surface area contributed by atoms with E-state index in [1.54, 1.807) is 24.3 Å². The molecule has 0 aromatic heterocycles. The van der Waals surface area contributed by atoms with Crippen LogP contribution in [0.15, 0.2) is 33.6 Å². The van der Waals surface area contributed by atoms with Crippen LogP contribution in [0.4, 0.5) is 0 Å². The molecule has 1 fully saturated rings. The maximum absolute atomic E-state index is 11.9. The van der Waals surface area contributed by atoms with Crippen molar-refractivity contribution < 1.29 is 8.42 Å². The molecule has 2 rings (SSSR count). The molecule has 1 aliphatic rings. The molecule has 1 saturated carbocycles. The van der Waals surface area contributed by atoms with Crippen LogP contribution < -0.4 is 5.73 Å². The molecule has 2 N–H and O–H groups in total. The first-order valence-electron chi connectivity index (χ1n) is 4.69. The summed E-state index contributed by atoms with van der Waals surface area (Å²) in [6.45, 7) is 0. The lowest BCUT2D eigenvalue weighted by Gasteiger charge is -2.09. The molecule has 0 radical (unpaired) electrons. The van der Waals surface area contributed by atoms with E-state index in [1.165, 1.54) is 0 Å². The zero-order valence-electron chi connectivity index (χ0n) is 8.11. The Morgan fingerprint density at radius 1 is 1.27 bits per heavy atom. The second-order valence-electron chi connectivity index (χ2n) is 4.08. The van der Waals surface area contributed by atoms with Gasteiger partial charge in [0.15, 0.2) is 9.84 Å². The van der Waals surface area contributed by atoms with E-state index in [4.69, 9.17) is 5.73 Å². The summed E-state index contributed by atoms with van der Waals surface area (Å²) in [5, 5.41) is 0. The number of hydrogen-bond acceptors (Lipinski definition) is 3. The largest absolute Gasteiger partial charge is 0.324 e. The van der Waals surface area contributed by atoms with Crippen LogP contribution in [0, 0.1) is 0 Å². The van der Waals surface area contributed by atoms with Crippen LogP contribution in [0.5, 0.6) is 0 Å². The van der Waals surface area contributed by atoms with Crippen LogP contribution >= 0.6 is 15.9 Å². The van der Waals surface area contributed by atoms with E-state index in [9.17, 15) is 8.42 Å². The van der Waals surface area contributed by atoms with Gasteiger partial charge in [0.2, 0.25) is 0 Å². The van der Waals surface area contributed by atoms with Crippen LogP contribution in [0.2, 0.25) is 0 Å². The SMILES string of the molecule is NC1(CS(=O)(=O)c2ccc(Br)cc2)CC1. The third-order valence-electron chi connectivity index (χ3n) is 2.54. The predicted octanol–water partition coefficient (Wildman–Crippen LogP) is 1.71. The van der Waals surface area contributed by atoms with E-state index in [2.05, 4.69) is 15.9 Å². The molecule has 1 aromatic carbocycles. The molecular formula is C10H12BrNO2S. The molecule has 5 heteroatoms. The van der Waals surface area contributed by atoms with E-state index in [0.717, 1.165) is 17.3 Å². The first-order valence-corrected chi connectivity index (χ1v) is 7.13. The van der Waals surface area contributed by atoms with Gasteiger partial charge in [0, 0.05) is 10.0 Å². The first kappa shape index (κ1) is 11.1. The molecule has 0 spiro atoms. The minimum absolute atomic E-state index is 0.0572. The molecule has 82 valence electrons. The number of benzene rings is 1. The van der Waals surface area contributed by atoms with Crippen LogP contribution in [-0.4, -0.2) is 19.7 Å². The maximum atomic E-state index is 11.9. The molecule has 1 aromatic rings. The molecule has 0 heterocycles. The Labute approximate surface area is 97.7 Å². The van der Waals surface area contributed by atoms with E-state index in [-0.39, 0.29) is 5.75 Å². The molecule has 0 bridgehead atoms. The summed E-state index contributed by atoms with van der Waals surface area (Å²) in [5.74, 6) is 0.0572. The average Bonchev–Trinajstić information content (AvgIpc) is 2.82. The van der Waals surface area contributed by atoms with Crippen molar-refractivity contribution in [3.05, 3.63) is 28.7 Å². The van der Waals surface area contributed by atoms with Gasteiger partial charge >= 0.3 is 0 Å². The molecular weight excluding hydrogens is 278 g/mol. The lowest BCUT2D eigenvalue weighted by Crippen LogP contribution is -2.31. The Bertz CT molecular complexity index is 463. The molecule has 0 saturated heterocycles. The zero-order chi connectivity index (χ0) is 11.1. The molecule has 0 aliphatic heterocycles. The third kappa shape index (κ3) is 2.59. The fourth-order valence-corrected chi connectivity index (χ4v) is 3.44. The summed E-state index contributed by atoms with van der Waals surface area (Å²) in [4.78, 5) is 0.349. The topological polar surface area (TPSA) is 60.2 Å². The lowest BCUT2D eigenvalue weighted by atomic mass is 10.4. The Kier molecular flexibility index (Phi) is 2.65. The average molecular weight is 290 g/mol. The molecule has 0 amide bonds. The molecule has 3 nitrogen and oxygen atoms in total. The van der Waals surface area contributed by atoms with Crippen molar-refractivity contribution in [1.29, 1.82) is 0 Å². The summed E-state index contributed by atoms with van der Waals surface area (Å²) < 4.78 is 24.7. The minimum atomic E-state index is -3.22. The smallest absolute Gasteiger partial charge is 0.180 e. The minimum Gasteiger partial charge on any atom is -0.324 e. The monoisotopic (exact) mass is 289 g/mol. The van der Waals surface area contributed by atoms with Crippen LogP contribution in [0.3, 0.4) is 0 Å². The summed E-state index contributed by atoms with van der Waals surface area (Å²) in [5.41, 5.74) is 5.35. The summed E-state index contributed by atoms with van der Waals surface area (Å²) in [6.07, 6.45) is 1.62. The van der Waals surface area contributed by atoms with Gasteiger partial charge in [0.25, 0.3) is 0 Å². The van der Waals surface area contributed by atoms with Crippen molar-refractivity contribution in [3.63, 3.8) is 0 Å². The normalized spacial score (nSPS) is 18.8. The maximum Gasteiger partial charge on any atom is 0.180 e. The Morgan fingerprint density at radius 2 is 1.80 bits per heavy atom. The van der Waals surface area contributed by atoms with Crippen molar-refractivity contribution in [2.45, 2.75) is 23.3 Å². The highest BCUT2D eigenvalue weighted by Crippen LogP contribution is 2.35. The highest BCUT2D eigenvalue weighted by Gasteiger charge is 2.42. The van der Waals surface area contributed by atoms with Crippen LogP contribution in [0.25, 0.3) is 0 Å². The second kappa shape index (κ2) is 3.57. The highest BCUT2D eigenvalue weighted by molar-refractivity contribution is 9.10.